The highest BCUT2D eigenvalue weighted by molar-refractivity contribution is 7.80. The van der Waals surface area contributed by atoms with E-state index in [9.17, 15) is 29.1 Å². The molecule has 2 fully saturated rings. The van der Waals surface area contributed by atoms with Crippen molar-refractivity contribution in [1.29, 1.82) is 0 Å². The fraction of sp³-hybridized carbons (Fsp3) is 0.722. The summed E-state index contributed by atoms with van der Waals surface area (Å²) in [5.41, 5.74) is 10.8. The molecule has 6 N–H and O–H groups in total. The zero-order chi connectivity index (χ0) is 22.4. The molecule has 4 atom stereocenters. The van der Waals surface area contributed by atoms with Crippen LogP contribution in [0.1, 0.15) is 38.5 Å². The van der Waals surface area contributed by atoms with Crippen molar-refractivity contribution in [3.05, 3.63) is 0 Å². The topological polar surface area (TPSA) is 176 Å². The van der Waals surface area contributed by atoms with Gasteiger partial charge in [0.25, 0.3) is 0 Å². The minimum absolute atomic E-state index is 0.135. The Morgan fingerprint density at radius 2 is 1.67 bits per heavy atom. The van der Waals surface area contributed by atoms with Gasteiger partial charge in [-0.1, -0.05) is 0 Å². The van der Waals surface area contributed by atoms with Gasteiger partial charge in [0, 0.05) is 25.3 Å². The van der Waals surface area contributed by atoms with Gasteiger partial charge in [-0.15, -0.1) is 0 Å². The molecule has 2 rings (SSSR count). The van der Waals surface area contributed by atoms with Crippen molar-refractivity contribution in [3.8, 4) is 0 Å². The van der Waals surface area contributed by atoms with Gasteiger partial charge in [0.15, 0.2) is 0 Å². The molecule has 4 unspecified atom stereocenters. The number of carbonyl (C=O) groups excluding carboxylic acids is 4. The van der Waals surface area contributed by atoms with E-state index in [1.807, 2.05) is 0 Å². The molecule has 12 heteroatoms. The number of carboxylic acids is 1. The second-order valence-corrected chi connectivity index (χ2v) is 7.94. The molecule has 0 spiro atoms. The number of likely N-dealkylation sites (tertiary alicyclic amines) is 2. The van der Waals surface area contributed by atoms with Crippen LogP contribution < -0.4 is 16.8 Å². The maximum atomic E-state index is 13.1. The molecule has 4 amide bonds. The van der Waals surface area contributed by atoms with E-state index in [0.29, 0.717) is 38.8 Å². The van der Waals surface area contributed by atoms with E-state index in [1.165, 1.54) is 9.80 Å². The number of nitrogens with one attached hydrogen (secondary N) is 1. The lowest BCUT2D eigenvalue weighted by Crippen LogP contribution is -2.56. The van der Waals surface area contributed by atoms with Crippen LogP contribution in [0.5, 0.6) is 0 Å². The first-order valence-corrected chi connectivity index (χ1v) is 10.6. The standard InChI is InChI=1S/C18H29N5O6S/c19-10(9-30)16(26)23-8-2-4-13(23)17(27)22-7-1-3-12(22)15(25)21-11(18(28)29)5-6-14(20)24/h10-13,30H,1-9,19H2,(H2,20,24)(H,21,25)(H,28,29). The van der Waals surface area contributed by atoms with Crippen molar-refractivity contribution in [3.63, 3.8) is 0 Å². The monoisotopic (exact) mass is 443 g/mol. The first-order valence-electron chi connectivity index (χ1n) is 9.96. The second-order valence-electron chi connectivity index (χ2n) is 7.57. The summed E-state index contributed by atoms with van der Waals surface area (Å²) in [4.78, 5) is 63.5. The predicted molar refractivity (Wildman–Crippen MR) is 109 cm³/mol. The van der Waals surface area contributed by atoms with Crippen LogP contribution in [0.2, 0.25) is 0 Å². The Kier molecular flexibility index (Phi) is 8.47. The molecular formula is C18H29N5O6S. The largest absolute Gasteiger partial charge is 0.480 e. The number of rotatable bonds is 9. The lowest BCUT2D eigenvalue weighted by atomic mass is 10.1. The highest BCUT2D eigenvalue weighted by atomic mass is 32.1. The van der Waals surface area contributed by atoms with Crippen molar-refractivity contribution < 1.29 is 29.1 Å². The Hall–Kier alpha value is -2.34. The number of carbonyl (C=O) groups is 5. The zero-order valence-corrected chi connectivity index (χ0v) is 17.6. The molecule has 2 aliphatic rings. The molecule has 0 aromatic carbocycles. The molecule has 0 aromatic rings. The van der Waals surface area contributed by atoms with Gasteiger partial charge < -0.3 is 31.7 Å². The molecule has 168 valence electrons. The summed E-state index contributed by atoms with van der Waals surface area (Å²) in [6.45, 7) is 0.753. The number of carboxylic acid groups (broad SMARTS) is 1. The number of hydrogen-bond donors (Lipinski definition) is 5. The molecule has 2 aliphatic heterocycles. The highest BCUT2D eigenvalue weighted by Crippen LogP contribution is 2.25. The quantitative estimate of drug-likeness (QED) is 0.257. The Morgan fingerprint density at radius 1 is 1.07 bits per heavy atom. The molecule has 0 bridgehead atoms. The maximum Gasteiger partial charge on any atom is 0.326 e. The van der Waals surface area contributed by atoms with Gasteiger partial charge in [-0.2, -0.15) is 12.6 Å². The molecule has 0 saturated carbocycles. The van der Waals surface area contributed by atoms with Crippen molar-refractivity contribution in [2.24, 2.45) is 11.5 Å². The molecular weight excluding hydrogens is 414 g/mol. The average molecular weight is 444 g/mol. The smallest absolute Gasteiger partial charge is 0.326 e. The number of primary amides is 1. The summed E-state index contributed by atoms with van der Waals surface area (Å²) >= 11 is 4.04. The summed E-state index contributed by atoms with van der Waals surface area (Å²) in [6, 6.07) is -3.60. The van der Waals surface area contributed by atoms with Crippen molar-refractivity contribution in [2.45, 2.75) is 62.7 Å². The fourth-order valence-corrected chi connectivity index (χ4v) is 4.04. The van der Waals surface area contributed by atoms with Gasteiger partial charge in [0.1, 0.15) is 18.1 Å². The van der Waals surface area contributed by atoms with Gasteiger partial charge in [0.2, 0.25) is 23.6 Å². The molecule has 0 radical (unpaired) electrons. The van der Waals surface area contributed by atoms with Crippen LogP contribution in [-0.2, 0) is 24.0 Å². The van der Waals surface area contributed by atoms with E-state index in [-0.39, 0.29) is 30.4 Å². The Bertz CT molecular complexity index is 705. The van der Waals surface area contributed by atoms with Crippen LogP contribution in [0.25, 0.3) is 0 Å². The van der Waals surface area contributed by atoms with Gasteiger partial charge in [0.05, 0.1) is 6.04 Å². The fourth-order valence-electron chi connectivity index (χ4n) is 3.88. The van der Waals surface area contributed by atoms with E-state index >= 15 is 0 Å². The number of amides is 4. The molecule has 2 heterocycles. The third-order valence-corrected chi connectivity index (χ3v) is 5.86. The van der Waals surface area contributed by atoms with E-state index < -0.39 is 42.0 Å². The Balaban J connectivity index is 2.07. The second kappa shape index (κ2) is 10.6. The minimum Gasteiger partial charge on any atom is -0.480 e. The summed E-state index contributed by atoms with van der Waals surface area (Å²) in [5, 5.41) is 11.7. The number of aliphatic carboxylic acids is 1. The molecule has 30 heavy (non-hydrogen) atoms. The van der Waals surface area contributed by atoms with Crippen LogP contribution in [0.4, 0.5) is 0 Å². The highest BCUT2D eigenvalue weighted by Gasteiger charge is 2.43. The van der Waals surface area contributed by atoms with Crippen LogP contribution in [0.15, 0.2) is 0 Å². The molecule has 0 aromatic heterocycles. The van der Waals surface area contributed by atoms with Crippen molar-refractivity contribution in [2.75, 3.05) is 18.8 Å². The molecule has 2 saturated heterocycles. The zero-order valence-electron chi connectivity index (χ0n) is 16.7. The number of nitrogens with two attached hydrogens (primary N) is 2. The third-order valence-electron chi connectivity index (χ3n) is 5.47. The van der Waals surface area contributed by atoms with Crippen molar-refractivity contribution in [1.82, 2.24) is 15.1 Å². The third kappa shape index (κ3) is 5.63. The van der Waals surface area contributed by atoms with Gasteiger partial charge in [-0.25, -0.2) is 4.79 Å². The van der Waals surface area contributed by atoms with E-state index in [0.717, 1.165) is 0 Å². The van der Waals surface area contributed by atoms with Gasteiger partial charge >= 0.3 is 5.97 Å². The lowest BCUT2D eigenvalue weighted by Gasteiger charge is -2.32. The first kappa shape index (κ1) is 23.9. The average Bonchev–Trinajstić information content (AvgIpc) is 3.38. The van der Waals surface area contributed by atoms with Crippen LogP contribution in [0, 0.1) is 0 Å². The summed E-state index contributed by atoms with van der Waals surface area (Å²) in [7, 11) is 0. The van der Waals surface area contributed by atoms with E-state index in [4.69, 9.17) is 11.5 Å². The SMILES string of the molecule is NC(=O)CCC(NC(=O)C1CCCN1C(=O)C1CCCN1C(=O)C(N)CS)C(=O)O. The van der Waals surface area contributed by atoms with Gasteiger partial charge in [-0.05, 0) is 32.1 Å². The minimum atomic E-state index is -1.28. The summed E-state index contributed by atoms with van der Waals surface area (Å²) < 4.78 is 0. The van der Waals surface area contributed by atoms with Crippen LogP contribution in [0.3, 0.4) is 0 Å². The molecule has 11 nitrogen and oxygen atoms in total. The van der Waals surface area contributed by atoms with Crippen LogP contribution >= 0.6 is 12.6 Å². The normalized spacial score (nSPS) is 23.1. The lowest BCUT2D eigenvalue weighted by molar-refractivity contribution is -0.148. The molecule has 0 aliphatic carbocycles. The van der Waals surface area contributed by atoms with Crippen LogP contribution in [-0.4, -0.2) is 87.5 Å². The number of nitrogens with zero attached hydrogens (tertiary/aromatic N) is 2. The Labute approximate surface area is 179 Å². The van der Waals surface area contributed by atoms with Crippen molar-refractivity contribution >= 4 is 42.2 Å². The summed E-state index contributed by atoms with van der Waals surface area (Å²) in [6.07, 6.45) is 1.78. The van der Waals surface area contributed by atoms with E-state index in [1.54, 1.807) is 0 Å². The van der Waals surface area contributed by atoms with Gasteiger partial charge in [-0.3, -0.25) is 19.2 Å². The first-order chi connectivity index (χ1) is 14.2. The number of thiol groups is 1. The maximum absolute atomic E-state index is 13.1. The number of hydrogen-bond acceptors (Lipinski definition) is 7. The Morgan fingerprint density at radius 3 is 2.23 bits per heavy atom. The predicted octanol–water partition coefficient (Wildman–Crippen LogP) is -1.94. The summed E-state index contributed by atoms with van der Waals surface area (Å²) in [5.74, 6) is -3.08. The van der Waals surface area contributed by atoms with E-state index in [2.05, 4.69) is 17.9 Å².